The van der Waals surface area contributed by atoms with E-state index in [2.05, 4.69) is 0 Å². The van der Waals surface area contributed by atoms with Crippen LogP contribution in [0.15, 0.2) is 36.0 Å². The average molecular weight is 182 g/mol. The highest BCUT2D eigenvalue weighted by Gasteiger charge is 2.19. The Morgan fingerprint density at radius 2 is 2.23 bits per heavy atom. The summed E-state index contributed by atoms with van der Waals surface area (Å²) in [6.07, 6.45) is 6.70. The van der Waals surface area contributed by atoms with Gasteiger partial charge in [0, 0.05) is 12.5 Å². The lowest BCUT2D eigenvalue weighted by atomic mass is 10.0. The van der Waals surface area contributed by atoms with E-state index in [9.17, 15) is 4.79 Å². The van der Waals surface area contributed by atoms with Crippen LogP contribution in [0.2, 0.25) is 0 Å². The molecule has 0 saturated heterocycles. The molecule has 13 heavy (non-hydrogen) atoms. The molecule has 1 rings (SSSR count). The lowest BCUT2D eigenvalue weighted by Gasteiger charge is -2.18. The minimum atomic E-state index is -1.79. The standard InChI is InChI=1S/C9H10O4/c10-8(11)2-1-7-3-5-9(12,13)6-4-7/h1-5,12-13H,6H2,(H,10,11)/b2-1+. The number of hydrogen-bond acceptors (Lipinski definition) is 3. The van der Waals surface area contributed by atoms with E-state index in [1.807, 2.05) is 0 Å². The van der Waals surface area contributed by atoms with Gasteiger partial charge in [-0.25, -0.2) is 4.79 Å². The summed E-state index contributed by atoms with van der Waals surface area (Å²) in [4.78, 5) is 10.1. The molecule has 0 aliphatic heterocycles. The summed E-state index contributed by atoms with van der Waals surface area (Å²) in [6.45, 7) is 0. The Balaban J connectivity index is 2.63. The van der Waals surface area contributed by atoms with Crippen molar-refractivity contribution >= 4 is 5.97 Å². The quantitative estimate of drug-likeness (QED) is 0.421. The molecule has 0 spiro atoms. The first kappa shape index (κ1) is 9.70. The number of rotatable bonds is 2. The van der Waals surface area contributed by atoms with Gasteiger partial charge in [-0.2, -0.15) is 0 Å². The first-order chi connectivity index (χ1) is 5.99. The molecule has 1 aliphatic rings. The molecule has 4 heteroatoms. The monoisotopic (exact) mass is 182 g/mol. The zero-order valence-corrected chi connectivity index (χ0v) is 6.84. The van der Waals surface area contributed by atoms with Crippen LogP contribution in [-0.2, 0) is 4.79 Å². The van der Waals surface area contributed by atoms with Crippen molar-refractivity contribution in [2.24, 2.45) is 0 Å². The maximum atomic E-state index is 10.1. The number of aliphatic carboxylic acids is 1. The third-order valence-electron chi connectivity index (χ3n) is 1.60. The molecule has 3 N–H and O–H groups in total. The highest BCUT2D eigenvalue weighted by Crippen LogP contribution is 2.18. The highest BCUT2D eigenvalue weighted by molar-refractivity contribution is 5.80. The summed E-state index contributed by atoms with van der Waals surface area (Å²) in [7, 11) is 0. The molecule has 70 valence electrons. The first-order valence-electron chi connectivity index (χ1n) is 3.75. The molecular formula is C9H10O4. The zero-order valence-electron chi connectivity index (χ0n) is 6.84. The van der Waals surface area contributed by atoms with Gasteiger partial charge < -0.3 is 15.3 Å². The van der Waals surface area contributed by atoms with Crippen LogP contribution in [0.25, 0.3) is 0 Å². The van der Waals surface area contributed by atoms with Crippen molar-refractivity contribution in [2.45, 2.75) is 12.2 Å². The van der Waals surface area contributed by atoms with Gasteiger partial charge >= 0.3 is 5.97 Å². The van der Waals surface area contributed by atoms with E-state index in [0.717, 1.165) is 6.08 Å². The zero-order chi connectivity index (χ0) is 9.90. The molecule has 0 atom stereocenters. The summed E-state index contributed by atoms with van der Waals surface area (Å²) < 4.78 is 0. The van der Waals surface area contributed by atoms with E-state index in [4.69, 9.17) is 15.3 Å². The number of carbonyl (C=O) groups is 1. The smallest absolute Gasteiger partial charge is 0.328 e. The third-order valence-corrected chi connectivity index (χ3v) is 1.60. The average Bonchev–Trinajstić information content (AvgIpc) is 2.02. The Morgan fingerprint density at radius 3 is 2.69 bits per heavy atom. The predicted molar refractivity (Wildman–Crippen MR) is 45.8 cm³/mol. The summed E-state index contributed by atoms with van der Waals surface area (Å²) >= 11 is 0. The fourth-order valence-corrected chi connectivity index (χ4v) is 0.925. The van der Waals surface area contributed by atoms with E-state index in [1.165, 1.54) is 18.2 Å². The van der Waals surface area contributed by atoms with E-state index >= 15 is 0 Å². The molecule has 0 fully saturated rings. The van der Waals surface area contributed by atoms with E-state index in [1.54, 1.807) is 6.08 Å². The van der Waals surface area contributed by atoms with Crippen molar-refractivity contribution in [2.75, 3.05) is 0 Å². The summed E-state index contributed by atoms with van der Waals surface area (Å²) in [6, 6.07) is 0. The van der Waals surface area contributed by atoms with Gasteiger partial charge in [-0.3, -0.25) is 0 Å². The second kappa shape index (κ2) is 3.55. The van der Waals surface area contributed by atoms with Crippen molar-refractivity contribution < 1.29 is 20.1 Å². The normalized spacial score (nSPS) is 20.3. The summed E-state index contributed by atoms with van der Waals surface area (Å²) in [5.74, 6) is -2.82. The molecule has 0 heterocycles. The second-order valence-corrected chi connectivity index (χ2v) is 2.79. The molecule has 0 radical (unpaired) electrons. The Hall–Kier alpha value is -1.39. The van der Waals surface area contributed by atoms with Crippen LogP contribution in [0.5, 0.6) is 0 Å². The van der Waals surface area contributed by atoms with Crippen molar-refractivity contribution in [1.82, 2.24) is 0 Å². The largest absolute Gasteiger partial charge is 0.478 e. The summed E-state index contributed by atoms with van der Waals surface area (Å²) in [5, 5.41) is 26.4. The number of allylic oxidation sites excluding steroid dienone is 3. The molecule has 0 bridgehead atoms. The Bertz CT molecular complexity index is 297. The van der Waals surface area contributed by atoms with Gasteiger partial charge in [0.2, 0.25) is 0 Å². The predicted octanol–water partition coefficient (Wildman–Crippen LogP) is 0.194. The molecule has 0 saturated carbocycles. The molecule has 0 unspecified atom stereocenters. The maximum Gasteiger partial charge on any atom is 0.328 e. The van der Waals surface area contributed by atoms with Gasteiger partial charge in [-0.05, 0) is 17.7 Å². The SMILES string of the molecule is O=C(O)/C=C/C1=CCC(O)(O)C=C1. The number of hydrogen-bond donors (Lipinski definition) is 3. The van der Waals surface area contributed by atoms with Gasteiger partial charge in [-0.15, -0.1) is 0 Å². The van der Waals surface area contributed by atoms with E-state index in [0.29, 0.717) is 5.57 Å². The van der Waals surface area contributed by atoms with Crippen LogP contribution in [0.1, 0.15) is 6.42 Å². The minimum Gasteiger partial charge on any atom is -0.478 e. The second-order valence-electron chi connectivity index (χ2n) is 2.79. The van der Waals surface area contributed by atoms with Gasteiger partial charge in [0.15, 0.2) is 5.79 Å². The van der Waals surface area contributed by atoms with E-state index in [-0.39, 0.29) is 6.42 Å². The number of carboxylic acid groups (broad SMARTS) is 1. The van der Waals surface area contributed by atoms with E-state index < -0.39 is 11.8 Å². The Morgan fingerprint density at radius 1 is 1.54 bits per heavy atom. The van der Waals surface area contributed by atoms with Crippen molar-refractivity contribution in [1.29, 1.82) is 0 Å². The van der Waals surface area contributed by atoms with Crippen LogP contribution in [-0.4, -0.2) is 27.1 Å². The molecule has 4 nitrogen and oxygen atoms in total. The van der Waals surface area contributed by atoms with Crippen LogP contribution >= 0.6 is 0 Å². The van der Waals surface area contributed by atoms with Crippen LogP contribution in [0, 0.1) is 0 Å². The fraction of sp³-hybridized carbons (Fsp3) is 0.222. The van der Waals surface area contributed by atoms with Gasteiger partial charge in [0.05, 0.1) is 0 Å². The highest BCUT2D eigenvalue weighted by atomic mass is 16.5. The molecule has 0 aromatic carbocycles. The first-order valence-corrected chi connectivity index (χ1v) is 3.75. The van der Waals surface area contributed by atoms with Gasteiger partial charge in [0.25, 0.3) is 0 Å². The minimum absolute atomic E-state index is 0.0722. The topological polar surface area (TPSA) is 77.8 Å². The summed E-state index contributed by atoms with van der Waals surface area (Å²) in [5.41, 5.74) is 0.654. The van der Waals surface area contributed by atoms with Crippen LogP contribution in [0.3, 0.4) is 0 Å². The lowest BCUT2D eigenvalue weighted by Crippen LogP contribution is -2.25. The van der Waals surface area contributed by atoms with Crippen molar-refractivity contribution in [3.05, 3.63) is 36.0 Å². The fourth-order valence-electron chi connectivity index (χ4n) is 0.925. The van der Waals surface area contributed by atoms with Crippen LogP contribution in [0.4, 0.5) is 0 Å². The Labute approximate surface area is 75.1 Å². The van der Waals surface area contributed by atoms with Crippen LogP contribution < -0.4 is 0 Å². The Kier molecular flexibility index (Phi) is 2.65. The molecule has 1 aliphatic carbocycles. The molecule has 0 amide bonds. The van der Waals surface area contributed by atoms with Crippen molar-refractivity contribution in [3.8, 4) is 0 Å². The maximum absolute atomic E-state index is 10.1. The molecule has 0 aromatic heterocycles. The van der Waals surface area contributed by atoms with Gasteiger partial charge in [0.1, 0.15) is 0 Å². The molecule has 0 aromatic rings. The lowest BCUT2D eigenvalue weighted by molar-refractivity contribution is -0.131. The molecular weight excluding hydrogens is 172 g/mol. The van der Waals surface area contributed by atoms with Crippen molar-refractivity contribution in [3.63, 3.8) is 0 Å². The number of aliphatic hydroxyl groups is 2. The van der Waals surface area contributed by atoms with Gasteiger partial charge in [-0.1, -0.05) is 12.2 Å². The third kappa shape index (κ3) is 3.23. The number of carboxylic acids is 1.